The summed E-state index contributed by atoms with van der Waals surface area (Å²) in [5.41, 5.74) is 0. The van der Waals surface area contributed by atoms with Gasteiger partial charge in [0.05, 0.1) is 0 Å². The number of rotatable bonds is 4. The van der Waals surface area contributed by atoms with E-state index in [1.807, 2.05) is 0 Å². The van der Waals surface area contributed by atoms with Crippen LogP contribution in [0.3, 0.4) is 0 Å². The quantitative estimate of drug-likeness (QED) is 0.483. The molecule has 0 fully saturated rings. The maximum atomic E-state index is 3.36. The third-order valence-electron chi connectivity index (χ3n) is 2.30. The standard InChI is InChI=1S/C10H19N/c1-2-11-9-8-10-6-4-3-5-7-10/h4,6,10-11H,2-3,5,7-9H2,1H3. The van der Waals surface area contributed by atoms with Crippen LogP contribution >= 0.6 is 0 Å². The van der Waals surface area contributed by atoms with Gasteiger partial charge in [0.25, 0.3) is 0 Å². The summed E-state index contributed by atoms with van der Waals surface area (Å²) in [6.45, 7) is 4.46. The predicted octanol–water partition coefficient (Wildman–Crippen LogP) is 2.34. The van der Waals surface area contributed by atoms with Crippen LogP contribution < -0.4 is 5.32 Å². The zero-order chi connectivity index (χ0) is 7.94. The lowest BCUT2D eigenvalue weighted by atomic mass is 9.93. The van der Waals surface area contributed by atoms with Gasteiger partial charge < -0.3 is 5.32 Å². The average Bonchev–Trinajstić information content (AvgIpc) is 2.07. The topological polar surface area (TPSA) is 12.0 Å². The Labute approximate surface area is 69.9 Å². The number of hydrogen-bond donors (Lipinski definition) is 1. The Kier molecular flexibility index (Phi) is 4.29. The van der Waals surface area contributed by atoms with E-state index in [2.05, 4.69) is 24.4 Å². The molecular formula is C10H19N. The second-order valence-corrected chi connectivity index (χ2v) is 3.26. The van der Waals surface area contributed by atoms with E-state index in [0.717, 1.165) is 12.5 Å². The molecular weight excluding hydrogens is 134 g/mol. The Balaban J connectivity index is 2.05. The summed E-state index contributed by atoms with van der Waals surface area (Å²) in [7, 11) is 0. The van der Waals surface area contributed by atoms with E-state index in [9.17, 15) is 0 Å². The van der Waals surface area contributed by atoms with E-state index >= 15 is 0 Å². The van der Waals surface area contributed by atoms with Gasteiger partial charge in [-0.25, -0.2) is 0 Å². The van der Waals surface area contributed by atoms with Gasteiger partial charge >= 0.3 is 0 Å². The molecule has 1 aliphatic carbocycles. The van der Waals surface area contributed by atoms with Gasteiger partial charge in [0.1, 0.15) is 0 Å². The van der Waals surface area contributed by atoms with Crippen molar-refractivity contribution in [3.8, 4) is 0 Å². The molecule has 0 aliphatic heterocycles. The van der Waals surface area contributed by atoms with E-state index in [1.165, 1.54) is 32.2 Å². The van der Waals surface area contributed by atoms with E-state index in [0.29, 0.717) is 0 Å². The van der Waals surface area contributed by atoms with E-state index in [4.69, 9.17) is 0 Å². The Bertz CT molecular complexity index is 118. The van der Waals surface area contributed by atoms with Crippen molar-refractivity contribution in [2.24, 2.45) is 5.92 Å². The van der Waals surface area contributed by atoms with Crippen LogP contribution in [-0.4, -0.2) is 13.1 Å². The molecule has 0 radical (unpaired) electrons. The molecule has 0 saturated carbocycles. The summed E-state index contributed by atoms with van der Waals surface area (Å²) in [5.74, 6) is 0.864. The van der Waals surface area contributed by atoms with Crippen molar-refractivity contribution in [1.82, 2.24) is 5.32 Å². The van der Waals surface area contributed by atoms with Crippen molar-refractivity contribution in [2.45, 2.75) is 32.6 Å². The second-order valence-electron chi connectivity index (χ2n) is 3.26. The summed E-state index contributed by atoms with van der Waals surface area (Å²) in [5, 5.41) is 3.36. The first-order valence-corrected chi connectivity index (χ1v) is 4.81. The van der Waals surface area contributed by atoms with Crippen molar-refractivity contribution in [3.05, 3.63) is 12.2 Å². The maximum absolute atomic E-state index is 3.36. The van der Waals surface area contributed by atoms with Crippen LogP contribution in [-0.2, 0) is 0 Å². The molecule has 0 aromatic rings. The van der Waals surface area contributed by atoms with Gasteiger partial charge in [0, 0.05) is 0 Å². The van der Waals surface area contributed by atoms with Gasteiger partial charge in [-0.15, -0.1) is 0 Å². The molecule has 11 heavy (non-hydrogen) atoms. The average molecular weight is 153 g/mol. The SMILES string of the molecule is CCNCCC1C=CCCC1. The fraction of sp³-hybridized carbons (Fsp3) is 0.800. The molecule has 1 aliphatic rings. The van der Waals surface area contributed by atoms with Gasteiger partial charge in [-0.3, -0.25) is 0 Å². The Morgan fingerprint density at radius 3 is 3.09 bits per heavy atom. The normalized spacial score (nSPS) is 23.9. The molecule has 1 atom stereocenters. The first-order chi connectivity index (χ1) is 5.43. The lowest BCUT2D eigenvalue weighted by Crippen LogP contribution is -2.17. The molecule has 1 unspecified atom stereocenters. The molecule has 0 aromatic carbocycles. The van der Waals surface area contributed by atoms with Crippen LogP contribution in [0.1, 0.15) is 32.6 Å². The lowest BCUT2D eigenvalue weighted by molar-refractivity contribution is 0.487. The minimum Gasteiger partial charge on any atom is -0.317 e. The molecule has 0 bridgehead atoms. The molecule has 64 valence electrons. The first kappa shape index (κ1) is 8.79. The molecule has 1 nitrogen and oxygen atoms in total. The maximum Gasteiger partial charge on any atom is -0.00434 e. The monoisotopic (exact) mass is 153 g/mol. The third-order valence-corrected chi connectivity index (χ3v) is 2.30. The van der Waals surface area contributed by atoms with Crippen LogP contribution in [0.4, 0.5) is 0 Å². The van der Waals surface area contributed by atoms with Crippen LogP contribution in [0.2, 0.25) is 0 Å². The second kappa shape index (κ2) is 5.36. The first-order valence-electron chi connectivity index (χ1n) is 4.81. The molecule has 1 rings (SSSR count). The number of allylic oxidation sites excluding steroid dienone is 2. The summed E-state index contributed by atoms with van der Waals surface area (Å²) in [4.78, 5) is 0. The molecule has 0 heterocycles. The van der Waals surface area contributed by atoms with E-state index in [1.54, 1.807) is 0 Å². The van der Waals surface area contributed by atoms with Crippen molar-refractivity contribution < 1.29 is 0 Å². The Morgan fingerprint density at radius 1 is 1.55 bits per heavy atom. The highest BCUT2D eigenvalue weighted by molar-refractivity contribution is 4.92. The van der Waals surface area contributed by atoms with E-state index < -0.39 is 0 Å². The van der Waals surface area contributed by atoms with Crippen LogP contribution in [0.15, 0.2) is 12.2 Å². The van der Waals surface area contributed by atoms with Crippen LogP contribution in [0.25, 0.3) is 0 Å². The van der Waals surface area contributed by atoms with Gasteiger partial charge in [0.2, 0.25) is 0 Å². The molecule has 1 heteroatoms. The summed E-state index contributed by atoms with van der Waals surface area (Å²) in [6, 6.07) is 0. The molecule has 1 N–H and O–H groups in total. The molecule has 0 saturated heterocycles. The zero-order valence-corrected chi connectivity index (χ0v) is 7.47. The van der Waals surface area contributed by atoms with Crippen molar-refractivity contribution in [1.29, 1.82) is 0 Å². The summed E-state index contributed by atoms with van der Waals surface area (Å²) >= 11 is 0. The number of hydrogen-bond acceptors (Lipinski definition) is 1. The predicted molar refractivity (Wildman–Crippen MR) is 49.6 cm³/mol. The Morgan fingerprint density at radius 2 is 2.45 bits per heavy atom. The third kappa shape index (κ3) is 3.57. The minimum atomic E-state index is 0.864. The minimum absolute atomic E-state index is 0.864. The number of nitrogens with one attached hydrogen (secondary N) is 1. The van der Waals surface area contributed by atoms with Crippen molar-refractivity contribution in [3.63, 3.8) is 0 Å². The lowest BCUT2D eigenvalue weighted by Gasteiger charge is -2.15. The molecule has 0 spiro atoms. The van der Waals surface area contributed by atoms with Crippen LogP contribution in [0, 0.1) is 5.92 Å². The highest BCUT2D eigenvalue weighted by Crippen LogP contribution is 2.19. The highest BCUT2D eigenvalue weighted by atomic mass is 14.8. The molecule has 0 amide bonds. The van der Waals surface area contributed by atoms with E-state index in [-0.39, 0.29) is 0 Å². The largest absolute Gasteiger partial charge is 0.317 e. The zero-order valence-electron chi connectivity index (χ0n) is 7.47. The Hall–Kier alpha value is -0.300. The van der Waals surface area contributed by atoms with Gasteiger partial charge in [-0.1, -0.05) is 19.1 Å². The summed E-state index contributed by atoms with van der Waals surface area (Å²) < 4.78 is 0. The van der Waals surface area contributed by atoms with Crippen LogP contribution in [0.5, 0.6) is 0 Å². The fourth-order valence-electron chi connectivity index (χ4n) is 1.59. The smallest absolute Gasteiger partial charge is 0.00434 e. The van der Waals surface area contributed by atoms with Crippen molar-refractivity contribution >= 4 is 0 Å². The van der Waals surface area contributed by atoms with Crippen molar-refractivity contribution in [2.75, 3.05) is 13.1 Å². The van der Waals surface area contributed by atoms with Gasteiger partial charge in [-0.2, -0.15) is 0 Å². The van der Waals surface area contributed by atoms with Gasteiger partial charge in [-0.05, 0) is 44.7 Å². The molecule has 0 aromatic heterocycles. The van der Waals surface area contributed by atoms with Gasteiger partial charge in [0.15, 0.2) is 0 Å². The summed E-state index contributed by atoms with van der Waals surface area (Å²) in [6.07, 6.45) is 10.2. The highest BCUT2D eigenvalue weighted by Gasteiger charge is 2.06. The fourth-order valence-corrected chi connectivity index (χ4v) is 1.59.